The van der Waals surface area contributed by atoms with Gasteiger partial charge in [-0.15, -0.1) is 0 Å². The lowest BCUT2D eigenvalue weighted by Gasteiger charge is -2.22. The smallest absolute Gasteiger partial charge is 0.407 e. The minimum Gasteiger partial charge on any atom is -0.463 e. The molecule has 0 aromatic rings. The predicted octanol–water partition coefficient (Wildman–Crippen LogP) is -0.416. The van der Waals surface area contributed by atoms with Crippen LogP contribution in [-0.4, -0.2) is 101 Å². The summed E-state index contributed by atoms with van der Waals surface area (Å²) in [4.78, 5) is 60.1. The van der Waals surface area contributed by atoms with Crippen molar-refractivity contribution in [2.75, 3.05) is 46.1 Å². The Balaban J connectivity index is 4.38. The van der Waals surface area contributed by atoms with Gasteiger partial charge in [0, 0.05) is 19.6 Å². The van der Waals surface area contributed by atoms with E-state index in [-0.39, 0.29) is 51.7 Å². The van der Waals surface area contributed by atoms with Gasteiger partial charge in [-0.2, -0.15) is 0 Å². The highest BCUT2D eigenvalue weighted by Crippen LogP contribution is 1.96. The predicted molar refractivity (Wildman–Crippen MR) is 120 cm³/mol. The number of amides is 2. The zero-order chi connectivity index (χ0) is 25.2. The molecule has 0 aliphatic carbocycles. The van der Waals surface area contributed by atoms with Crippen molar-refractivity contribution < 1.29 is 42.9 Å². The first-order valence-electron chi connectivity index (χ1n) is 11.0. The Labute approximate surface area is 195 Å². The van der Waals surface area contributed by atoms with Gasteiger partial charge in [-0.3, -0.25) is 4.90 Å². The summed E-state index contributed by atoms with van der Waals surface area (Å²) in [6.07, 6.45) is -0.0875. The molecule has 0 spiro atoms. The first-order valence-corrected chi connectivity index (χ1v) is 11.0. The molecule has 0 fully saturated rings. The van der Waals surface area contributed by atoms with Gasteiger partial charge in [-0.1, -0.05) is 13.8 Å². The van der Waals surface area contributed by atoms with Gasteiger partial charge in [0.1, 0.15) is 25.3 Å². The maximum absolute atomic E-state index is 12.0. The normalized spacial score (nSPS) is 12.3. The van der Waals surface area contributed by atoms with Crippen molar-refractivity contribution in [3.05, 3.63) is 0 Å². The van der Waals surface area contributed by atoms with Gasteiger partial charge in [0.25, 0.3) is 0 Å². The van der Waals surface area contributed by atoms with Gasteiger partial charge in [0.2, 0.25) is 0 Å². The van der Waals surface area contributed by atoms with Gasteiger partial charge in [-0.05, 0) is 26.7 Å². The summed E-state index contributed by atoms with van der Waals surface area (Å²) in [5.41, 5.74) is -0.116. The van der Waals surface area contributed by atoms with Crippen LogP contribution in [-0.2, 0) is 33.3 Å². The maximum atomic E-state index is 12.0. The van der Waals surface area contributed by atoms with Crippen LogP contribution in [0.5, 0.6) is 0 Å². The lowest BCUT2D eigenvalue weighted by molar-refractivity contribution is -0.146. The van der Waals surface area contributed by atoms with Crippen molar-refractivity contribution in [3.8, 4) is 0 Å². The minimum atomic E-state index is -0.894. The molecule has 13 heteroatoms. The molecule has 2 N–H and O–H groups in total. The average molecular weight is 473 g/mol. The Morgan fingerprint density at radius 2 is 1.12 bits per heavy atom. The van der Waals surface area contributed by atoms with Crippen molar-refractivity contribution in [2.24, 2.45) is 0 Å². The molecule has 0 saturated heterocycles. The number of nitrogens with zero attached hydrogens (tertiary/aromatic N) is 1. The van der Waals surface area contributed by atoms with Crippen molar-refractivity contribution in [1.82, 2.24) is 15.5 Å². The monoisotopic (exact) mass is 473 g/mol. The van der Waals surface area contributed by atoms with Crippen molar-refractivity contribution in [1.29, 1.82) is 0 Å². The molecule has 0 heterocycles. The molecule has 33 heavy (non-hydrogen) atoms. The average Bonchev–Trinajstić information content (AvgIpc) is 2.75. The quantitative estimate of drug-likeness (QED) is 0.172. The Morgan fingerprint density at radius 3 is 1.45 bits per heavy atom. The third-order valence-corrected chi connectivity index (χ3v) is 4.00. The van der Waals surface area contributed by atoms with E-state index in [4.69, 9.17) is 18.9 Å². The van der Waals surface area contributed by atoms with Gasteiger partial charge < -0.3 is 34.4 Å². The van der Waals surface area contributed by atoms with Crippen molar-refractivity contribution in [2.45, 2.75) is 52.6 Å². The van der Waals surface area contributed by atoms with E-state index in [1.165, 1.54) is 21.7 Å². The zero-order valence-electron chi connectivity index (χ0n) is 20.1. The molecule has 0 aliphatic rings. The lowest BCUT2D eigenvalue weighted by atomic mass is 10.0. The summed E-state index contributed by atoms with van der Waals surface area (Å²) < 4.78 is 19.9. The summed E-state index contributed by atoms with van der Waals surface area (Å²) in [5.74, 6) is -1.29. The van der Waals surface area contributed by atoms with Crippen LogP contribution in [0.2, 0.25) is 0 Å². The highest BCUT2D eigenvalue weighted by molar-refractivity contribution is 6.58. The van der Waals surface area contributed by atoms with Crippen LogP contribution in [0.1, 0.15) is 40.5 Å². The largest absolute Gasteiger partial charge is 0.463 e. The second kappa shape index (κ2) is 17.7. The molecule has 0 radical (unpaired) electrons. The maximum Gasteiger partial charge on any atom is 0.407 e. The van der Waals surface area contributed by atoms with Gasteiger partial charge in [0.15, 0.2) is 7.85 Å². The van der Waals surface area contributed by atoms with E-state index in [0.29, 0.717) is 12.8 Å². The topological polar surface area (TPSA) is 150 Å². The lowest BCUT2D eigenvalue weighted by Crippen LogP contribution is -2.42. The molecular weight excluding hydrogens is 437 g/mol. The summed E-state index contributed by atoms with van der Waals surface area (Å²) in [6, 6.07) is -1.79. The molecule has 2 amide bonds. The standard InChI is InChI=1S/C20H36BN3O9/c1-5-9-32-19(28)22-14(3)17(26)30-11-7-24(13-16(21)25)8-12-31-18(27)15(4)23-20(29)33-10-6-2/h14-15H,5-13,21H2,1-4H3,(H,22,28)(H,23,29). The van der Waals surface area contributed by atoms with Crippen LogP contribution in [0, 0.1) is 0 Å². The SMILES string of the molecule is BC(=O)CN(CCOC(=O)C(C)NC(=O)OCCC)CCOC(=O)C(C)NC(=O)OCCC. The molecule has 2 atom stereocenters. The molecule has 0 bridgehead atoms. The molecule has 2 unspecified atom stereocenters. The van der Waals surface area contributed by atoms with E-state index in [1.807, 2.05) is 13.8 Å². The van der Waals surface area contributed by atoms with Gasteiger partial charge >= 0.3 is 24.1 Å². The molecular formula is C20H36BN3O9. The van der Waals surface area contributed by atoms with Crippen LogP contribution in [0.25, 0.3) is 0 Å². The van der Waals surface area contributed by atoms with E-state index in [0.717, 1.165) is 0 Å². The Kier molecular flexibility index (Phi) is 16.2. The second-order valence-electron chi connectivity index (χ2n) is 7.32. The number of rotatable bonds is 16. The number of carbonyl (C=O) groups excluding carboxylic acids is 5. The zero-order valence-corrected chi connectivity index (χ0v) is 20.1. The third-order valence-electron chi connectivity index (χ3n) is 4.00. The Hall–Kier alpha value is -2.83. The molecule has 12 nitrogen and oxygen atoms in total. The van der Waals surface area contributed by atoms with Crippen LogP contribution in [0.4, 0.5) is 9.59 Å². The summed E-state index contributed by atoms with van der Waals surface area (Å²) in [5, 5.41) is 4.73. The molecule has 188 valence electrons. The van der Waals surface area contributed by atoms with Crippen LogP contribution in [0.3, 0.4) is 0 Å². The fraction of sp³-hybridized carbons (Fsp3) is 0.750. The highest BCUT2D eigenvalue weighted by atomic mass is 16.6. The molecule has 0 saturated carbocycles. The van der Waals surface area contributed by atoms with E-state index in [1.54, 1.807) is 4.90 Å². The number of carbonyl (C=O) groups is 5. The molecule has 0 aromatic carbocycles. The highest BCUT2D eigenvalue weighted by Gasteiger charge is 2.20. The summed E-state index contributed by atoms with van der Waals surface area (Å²) in [7, 11) is 1.41. The molecule has 0 aromatic heterocycles. The van der Waals surface area contributed by atoms with Gasteiger partial charge in [-0.25, -0.2) is 19.2 Å². The van der Waals surface area contributed by atoms with Crippen LogP contribution in [0.15, 0.2) is 0 Å². The van der Waals surface area contributed by atoms with Crippen LogP contribution < -0.4 is 10.6 Å². The molecule has 0 rings (SSSR count). The number of hydrogen-bond donors (Lipinski definition) is 2. The first kappa shape index (κ1) is 30.2. The van der Waals surface area contributed by atoms with E-state index in [9.17, 15) is 24.0 Å². The Morgan fingerprint density at radius 1 is 0.727 bits per heavy atom. The summed E-state index contributed by atoms with van der Waals surface area (Å²) >= 11 is 0. The molecule has 0 aliphatic heterocycles. The number of ether oxygens (including phenoxy) is 4. The van der Waals surface area contributed by atoms with Crippen LogP contribution >= 0.6 is 0 Å². The number of alkyl carbamates (subject to hydrolysis) is 2. The fourth-order valence-corrected chi connectivity index (χ4v) is 2.33. The summed E-state index contributed by atoms with van der Waals surface area (Å²) in [6.45, 7) is 7.57. The number of hydrogen-bond acceptors (Lipinski definition) is 10. The van der Waals surface area contributed by atoms with Crippen molar-refractivity contribution >= 4 is 37.7 Å². The second-order valence-corrected chi connectivity index (χ2v) is 7.32. The van der Waals surface area contributed by atoms with Gasteiger partial charge in [0.05, 0.1) is 18.9 Å². The van der Waals surface area contributed by atoms with E-state index >= 15 is 0 Å². The number of esters is 2. The third kappa shape index (κ3) is 15.6. The van der Waals surface area contributed by atoms with E-state index < -0.39 is 36.2 Å². The fourth-order valence-electron chi connectivity index (χ4n) is 2.33. The Bertz CT molecular complexity index is 602. The minimum absolute atomic E-state index is 0.0304. The first-order chi connectivity index (χ1) is 15.6. The van der Waals surface area contributed by atoms with E-state index in [2.05, 4.69) is 10.6 Å². The van der Waals surface area contributed by atoms with Crippen molar-refractivity contribution in [3.63, 3.8) is 0 Å². The number of nitrogens with one attached hydrogen (secondary N) is 2.